The van der Waals surface area contributed by atoms with Crippen molar-refractivity contribution < 1.29 is 27.8 Å². The summed E-state index contributed by atoms with van der Waals surface area (Å²) in [7, 11) is 0. The Labute approximate surface area is 95.2 Å². The maximum Gasteiger partial charge on any atom is 0.574 e. The van der Waals surface area contributed by atoms with E-state index < -0.39 is 18.0 Å². The highest BCUT2D eigenvalue weighted by Crippen LogP contribution is 2.30. The van der Waals surface area contributed by atoms with Gasteiger partial charge < -0.3 is 9.84 Å². The van der Waals surface area contributed by atoms with Crippen LogP contribution in [0.2, 0.25) is 0 Å². The average molecular weight is 333 g/mol. The maximum absolute atomic E-state index is 11.8. The van der Waals surface area contributed by atoms with Crippen LogP contribution in [0.5, 0.6) is 11.6 Å². The molecule has 1 N–H and O–H groups in total. The zero-order chi connectivity index (χ0) is 11.6. The number of nitrogens with zero attached hydrogens (tertiary/aromatic N) is 1. The highest BCUT2D eigenvalue weighted by molar-refractivity contribution is 14.1. The van der Waals surface area contributed by atoms with Crippen LogP contribution in [-0.4, -0.2) is 22.7 Å². The van der Waals surface area contributed by atoms with Gasteiger partial charge in [-0.25, -0.2) is 4.98 Å². The van der Waals surface area contributed by atoms with Gasteiger partial charge in [0, 0.05) is 0 Å². The standard InChI is InChI=1S/C7H3F3INO3/c8-7(9,10)15-6-4(14)1-3(2-13)5(11)12-6/h1-2,14H. The zero-order valence-corrected chi connectivity index (χ0v) is 9.03. The molecule has 0 bridgehead atoms. The SMILES string of the molecule is O=Cc1cc(O)c(OC(F)(F)F)nc1I. The minimum absolute atomic E-state index is 0.0115. The average Bonchev–Trinajstić information content (AvgIpc) is 2.08. The predicted molar refractivity (Wildman–Crippen MR) is 50.7 cm³/mol. The van der Waals surface area contributed by atoms with E-state index in [2.05, 4.69) is 9.72 Å². The number of aromatic hydroxyl groups is 1. The lowest BCUT2D eigenvalue weighted by atomic mass is 10.3. The van der Waals surface area contributed by atoms with E-state index in [9.17, 15) is 18.0 Å². The maximum atomic E-state index is 11.8. The van der Waals surface area contributed by atoms with E-state index in [1.54, 1.807) is 22.6 Å². The monoisotopic (exact) mass is 333 g/mol. The van der Waals surface area contributed by atoms with Gasteiger partial charge in [-0.3, -0.25) is 4.79 Å². The summed E-state index contributed by atoms with van der Waals surface area (Å²) < 4.78 is 38.8. The van der Waals surface area contributed by atoms with Gasteiger partial charge in [0.1, 0.15) is 3.70 Å². The fourth-order valence-corrected chi connectivity index (χ4v) is 1.25. The van der Waals surface area contributed by atoms with Crippen molar-refractivity contribution in [1.29, 1.82) is 0 Å². The minimum Gasteiger partial charge on any atom is -0.503 e. The van der Waals surface area contributed by atoms with Crippen LogP contribution in [0.3, 0.4) is 0 Å². The Morgan fingerprint density at radius 2 is 2.13 bits per heavy atom. The molecule has 0 amide bonds. The molecule has 0 saturated heterocycles. The number of aldehydes is 1. The molecule has 0 fully saturated rings. The van der Waals surface area contributed by atoms with Crippen molar-refractivity contribution in [2.45, 2.75) is 6.36 Å². The van der Waals surface area contributed by atoms with E-state index in [-0.39, 0.29) is 9.26 Å². The summed E-state index contributed by atoms with van der Waals surface area (Å²) in [5, 5.41) is 9.06. The van der Waals surface area contributed by atoms with Crippen LogP contribution in [-0.2, 0) is 0 Å². The molecular formula is C7H3F3INO3. The number of aromatic nitrogens is 1. The van der Waals surface area contributed by atoms with Gasteiger partial charge in [0.05, 0.1) is 5.56 Å². The summed E-state index contributed by atoms with van der Waals surface area (Å²) in [4.78, 5) is 13.6. The van der Waals surface area contributed by atoms with E-state index in [4.69, 9.17) is 5.11 Å². The first-order valence-electron chi connectivity index (χ1n) is 3.44. The lowest BCUT2D eigenvalue weighted by Gasteiger charge is -2.09. The van der Waals surface area contributed by atoms with E-state index in [1.165, 1.54) is 0 Å². The van der Waals surface area contributed by atoms with E-state index in [0.29, 0.717) is 6.29 Å². The Balaban J connectivity index is 3.11. The van der Waals surface area contributed by atoms with Crippen molar-refractivity contribution in [2.75, 3.05) is 0 Å². The van der Waals surface area contributed by atoms with Crippen molar-refractivity contribution in [3.8, 4) is 11.6 Å². The molecule has 0 aliphatic carbocycles. The van der Waals surface area contributed by atoms with Crippen molar-refractivity contribution in [2.24, 2.45) is 0 Å². The second kappa shape index (κ2) is 4.21. The van der Waals surface area contributed by atoms with Crippen LogP contribution < -0.4 is 4.74 Å². The Hall–Kier alpha value is -1.06. The normalized spacial score (nSPS) is 11.2. The topological polar surface area (TPSA) is 59.4 Å². The Bertz CT molecular complexity index is 394. The highest BCUT2D eigenvalue weighted by Gasteiger charge is 2.33. The minimum atomic E-state index is -4.93. The van der Waals surface area contributed by atoms with Crippen LogP contribution >= 0.6 is 22.6 Å². The van der Waals surface area contributed by atoms with Crippen LogP contribution in [0, 0.1) is 3.70 Å². The van der Waals surface area contributed by atoms with Crippen LogP contribution in [0.4, 0.5) is 13.2 Å². The first kappa shape index (κ1) is 12.0. The van der Waals surface area contributed by atoms with Gasteiger partial charge in [-0.15, -0.1) is 13.2 Å². The molecular weight excluding hydrogens is 330 g/mol. The molecule has 82 valence electrons. The quantitative estimate of drug-likeness (QED) is 0.512. The van der Waals surface area contributed by atoms with Gasteiger partial charge in [-0.05, 0) is 28.7 Å². The number of pyridine rings is 1. The largest absolute Gasteiger partial charge is 0.574 e. The predicted octanol–water partition coefficient (Wildman–Crippen LogP) is 2.10. The molecule has 15 heavy (non-hydrogen) atoms. The van der Waals surface area contributed by atoms with Crippen molar-refractivity contribution >= 4 is 28.9 Å². The first-order valence-corrected chi connectivity index (χ1v) is 4.52. The van der Waals surface area contributed by atoms with Crippen molar-refractivity contribution in [1.82, 2.24) is 4.98 Å². The molecule has 0 saturated carbocycles. The van der Waals surface area contributed by atoms with E-state index in [0.717, 1.165) is 6.07 Å². The molecule has 1 aromatic heterocycles. The van der Waals surface area contributed by atoms with Gasteiger partial charge >= 0.3 is 6.36 Å². The lowest BCUT2D eigenvalue weighted by molar-refractivity contribution is -0.276. The third-order valence-corrected chi connectivity index (χ3v) is 2.15. The fourth-order valence-electron chi connectivity index (χ4n) is 0.747. The van der Waals surface area contributed by atoms with Crippen molar-refractivity contribution in [3.05, 3.63) is 15.3 Å². The number of halogens is 4. The van der Waals surface area contributed by atoms with Gasteiger partial charge in [0.25, 0.3) is 5.88 Å². The summed E-state index contributed by atoms with van der Waals surface area (Å²) in [5.74, 6) is -1.81. The number of alkyl halides is 3. The Morgan fingerprint density at radius 1 is 1.53 bits per heavy atom. The second-order valence-electron chi connectivity index (χ2n) is 2.36. The zero-order valence-electron chi connectivity index (χ0n) is 6.88. The van der Waals surface area contributed by atoms with Gasteiger partial charge in [0.2, 0.25) is 0 Å². The van der Waals surface area contributed by atoms with Crippen LogP contribution in [0.15, 0.2) is 6.07 Å². The molecule has 0 atom stereocenters. The Kier molecular flexibility index (Phi) is 3.37. The number of ether oxygens (including phenoxy) is 1. The third-order valence-electron chi connectivity index (χ3n) is 1.29. The smallest absolute Gasteiger partial charge is 0.503 e. The molecule has 4 nitrogen and oxygen atoms in total. The number of carbonyl (C=O) groups is 1. The molecule has 0 radical (unpaired) electrons. The van der Waals surface area contributed by atoms with Gasteiger partial charge in [-0.2, -0.15) is 0 Å². The molecule has 8 heteroatoms. The Morgan fingerprint density at radius 3 is 2.60 bits per heavy atom. The molecule has 0 aliphatic rings. The molecule has 0 aliphatic heterocycles. The van der Waals surface area contributed by atoms with E-state index in [1.807, 2.05) is 0 Å². The third kappa shape index (κ3) is 3.22. The van der Waals surface area contributed by atoms with Crippen LogP contribution in [0.1, 0.15) is 10.4 Å². The molecule has 1 heterocycles. The molecule has 0 aromatic carbocycles. The lowest BCUT2D eigenvalue weighted by Crippen LogP contribution is -2.18. The summed E-state index contributed by atoms with van der Waals surface area (Å²) in [5.41, 5.74) is -0.0115. The molecule has 0 unspecified atom stereocenters. The van der Waals surface area contributed by atoms with Crippen LogP contribution in [0.25, 0.3) is 0 Å². The summed E-state index contributed by atoms with van der Waals surface area (Å²) in [6.45, 7) is 0. The molecule has 0 spiro atoms. The van der Waals surface area contributed by atoms with Gasteiger partial charge in [0.15, 0.2) is 12.0 Å². The number of carbonyl (C=O) groups excluding carboxylic acids is 1. The summed E-state index contributed by atoms with van der Waals surface area (Å²) in [6, 6.07) is 0.850. The van der Waals surface area contributed by atoms with Gasteiger partial charge in [-0.1, -0.05) is 0 Å². The summed E-state index contributed by atoms with van der Waals surface area (Å²) in [6.07, 6.45) is -4.57. The molecule has 1 rings (SSSR count). The van der Waals surface area contributed by atoms with E-state index >= 15 is 0 Å². The number of hydrogen-bond acceptors (Lipinski definition) is 4. The van der Waals surface area contributed by atoms with Crippen molar-refractivity contribution in [3.63, 3.8) is 0 Å². The second-order valence-corrected chi connectivity index (χ2v) is 3.38. The molecule has 1 aromatic rings. The number of hydrogen-bond donors (Lipinski definition) is 1. The fraction of sp³-hybridized carbons (Fsp3) is 0.143. The number of rotatable bonds is 2. The summed E-state index contributed by atoms with van der Waals surface area (Å²) >= 11 is 1.55. The first-order chi connectivity index (χ1) is 6.83. The highest BCUT2D eigenvalue weighted by atomic mass is 127.